The van der Waals surface area contributed by atoms with Gasteiger partial charge in [-0.25, -0.2) is 0 Å². The van der Waals surface area contributed by atoms with Crippen molar-refractivity contribution in [3.05, 3.63) is 29.8 Å². The van der Waals surface area contributed by atoms with Gasteiger partial charge >= 0.3 is 0 Å². The maximum atomic E-state index is 12.2. The molecule has 1 aromatic carbocycles. The van der Waals surface area contributed by atoms with Crippen LogP contribution >= 0.6 is 11.8 Å². The standard InChI is InChI=1S/C14H17F2NO2S/c1-17(13(18)12-3-2-8-19-12)9-10-4-6-11(7-5-10)20-14(15)16/h4-7,12,14H,2-3,8-9H2,1H3. The second-order valence-corrected chi connectivity index (χ2v) is 5.78. The Hall–Kier alpha value is -1.14. The minimum Gasteiger partial charge on any atom is -0.368 e. The molecule has 2 rings (SSSR count). The van der Waals surface area contributed by atoms with Crippen LogP contribution in [-0.2, 0) is 16.1 Å². The molecule has 0 aromatic heterocycles. The van der Waals surface area contributed by atoms with Crippen LogP contribution in [0.4, 0.5) is 8.78 Å². The largest absolute Gasteiger partial charge is 0.368 e. The maximum Gasteiger partial charge on any atom is 0.288 e. The Morgan fingerprint density at radius 2 is 2.15 bits per heavy atom. The summed E-state index contributed by atoms with van der Waals surface area (Å²) in [7, 11) is 1.73. The summed E-state index contributed by atoms with van der Waals surface area (Å²) in [6.07, 6.45) is 1.37. The molecule has 0 spiro atoms. The van der Waals surface area contributed by atoms with Crippen molar-refractivity contribution in [2.24, 2.45) is 0 Å². The Morgan fingerprint density at radius 1 is 1.45 bits per heavy atom. The Balaban J connectivity index is 1.90. The molecule has 1 unspecified atom stereocenters. The summed E-state index contributed by atoms with van der Waals surface area (Å²) in [4.78, 5) is 14.2. The van der Waals surface area contributed by atoms with Crippen molar-refractivity contribution in [1.82, 2.24) is 4.90 Å². The topological polar surface area (TPSA) is 29.5 Å². The first kappa shape index (κ1) is 15.3. The van der Waals surface area contributed by atoms with Gasteiger partial charge in [0.15, 0.2) is 0 Å². The highest BCUT2D eigenvalue weighted by Crippen LogP contribution is 2.25. The minimum absolute atomic E-state index is 0.0199. The normalized spacial score (nSPS) is 18.5. The van der Waals surface area contributed by atoms with Crippen LogP contribution in [0.2, 0.25) is 0 Å². The van der Waals surface area contributed by atoms with Crippen LogP contribution < -0.4 is 0 Å². The quantitative estimate of drug-likeness (QED) is 0.783. The second kappa shape index (κ2) is 7.04. The molecular formula is C14H17F2NO2S. The van der Waals surface area contributed by atoms with E-state index < -0.39 is 5.76 Å². The first-order valence-corrected chi connectivity index (χ1v) is 7.34. The third-order valence-corrected chi connectivity index (χ3v) is 3.87. The SMILES string of the molecule is CN(Cc1ccc(SC(F)F)cc1)C(=O)C1CCCO1. The van der Waals surface area contributed by atoms with Gasteiger partial charge in [-0.3, -0.25) is 4.79 Å². The predicted molar refractivity (Wildman–Crippen MR) is 73.8 cm³/mol. The average Bonchev–Trinajstić information content (AvgIpc) is 2.93. The number of thioether (sulfide) groups is 1. The number of benzene rings is 1. The summed E-state index contributed by atoms with van der Waals surface area (Å²) in [5.74, 6) is -2.43. The second-order valence-electron chi connectivity index (χ2n) is 4.72. The molecule has 0 saturated carbocycles. The van der Waals surface area contributed by atoms with Crippen molar-refractivity contribution in [1.29, 1.82) is 0 Å². The van der Waals surface area contributed by atoms with E-state index >= 15 is 0 Å². The molecule has 1 aliphatic heterocycles. The van der Waals surface area contributed by atoms with Crippen molar-refractivity contribution >= 4 is 17.7 Å². The summed E-state index contributed by atoms with van der Waals surface area (Å²) in [5.41, 5.74) is 0.914. The van der Waals surface area contributed by atoms with Crippen LogP contribution in [0.1, 0.15) is 18.4 Å². The lowest BCUT2D eigenvalue weighted by Gasteiger charge is -2.20. The summed E-state index contributed by atoms with van der Waals surface area (Å²) in [5, 5.41) is 0. The lowest BCUT2D eigenvalue weighted by Crippen LogP contribution is -2.35. The van der Waals surface area contributed by atoms with Crippen LogP contribution in [0.25, 0.3) is 0 Å². The van der Waals surface area contributed by atoms with Crippen molar-refractivity contribution in [3.63, 3.8) is 0 Å². The molecule has 1 aromatic rings. The van der Waals surface area contributed by atoms with E-state index in [4.69, 9.17) is 4.74 Å². The van der Waals surface area contributed by atoms with E-state index in [1.54, 1.807) is 36.2 Å². The number of nitrogens with zero attached hydrogens (tertiary/aromatic N) is 1. The van der Waals surface area contributed by atoms with Gasteiger partial charge in [0.2, 0.25) is 0 Å². The smallest absolute Gasteiger partial charge is 0.288 e. The molecule has 1 heterocycles. The van der Waals surface area contributed by atoms with E-state index in [0.717, 1.165) is 18.4 Å². The van der Waals surface area contributed by atoms with Crippen LogP contribution in [0.3, 0.4) is 0 Å². The highest BCUT2D eigenvalue weighted by Gasteiger charge is 2.26. The zero-order valence-electron chi connectivity index (χ0n) is 11.2. The number of carbonyl (C=O) groups excluding carboxylic acids is 1. The predicted octanol–water partition coefficient (Wildman–Crippen LogP) is 3.14. The van der Waals surface area contributed by atoms with E-state index in [0.29, 0.717) is 29.8 Å². The third-order valence-electron chi connectivity index (χ3n) is 3.15. The van der Waals surface area contributed by atoms with Gasteiger partial charge in [-0.1, -0.05) is 23.9 Å². The number of likely N-dealkylation sites (N-methyl/N-ethyl adjacent to an activating group) is 1. The zero-order valence-corrected chi connectivity index (χ0v) is 12.0. The van der Waals surface area contributed by atoms with Gasteiger partial charge in [-0.15, -0.1) is 0 Å². The molecular weight excluding hydrogens is 284 g/mol. The summed E-state index contributed by atoms with van der Waals surface area (Å²) in [6, 6.07) is 6.83. The first-order chi connectivity index (χ1) is 9.56. The van der Waals surface area contributed by atoms with Crippen LogP contribution in [0.15, 0.2) is 29.2 Å². The van der Waals surface area contributed by atoms with Gasteiger partial charge in [-0.2, -0.15) is 8.78 Å². The molecule has 1 fully saturated rings. The lowest BCUT2D eigenvalue weighted by molar-refractivity contribution is -0.140. The van der Waals surface area contributed by atoms with Crippen molar-refractivity contribution in [2.45, 2.75) is 36.1 Å². The van der Waals surface area contributed by atoms with E-state index in [-0.39, 0.29) is 12.0 Å². The van der Waals surface area contributed by atoms with Crippen LogP contribution in [-0.4, -0.2) is 36.3 Å². The van der Waals surface area contributed by atoms with Crippen LogP contribution in [0, 0.1) is 0 Å². The number of alkyl halides is 2. The van der Waals surface area contributed by atoms with Gasteiger partial charge in [0.1, 0.15) is 6.10 Å². The highest BCUT2D eigenvalue weighted by molar-refractivity contribution is 7.99. The third kappa shape index (κ3) is 4.18. The molecule has 110 valence electrons. The molecule has 1 amide bonds. The average molecular weight is 301 g/mol. The number of halogens is 2. The summed E-state index contributed by atoms with van der Waals surface area (Å²) >= 11 is 0.519. The van der Waals surface area contributed by atoms with E-state index in [1.165, 1.54) is 0 Å². The molecule has 3 nitrogen and oxygen atoms in total. The maximum absolute atomic E-state index is 12.2. The molecule has 6 heteroatoms. The summed E-state index contributed by atoms with van der Waals surface area (Å²) < 4.78 is 29.8. The molecule has 1 saturated heterocycles. The monoisotopic (exact) mass is 301 g/mol. The highest BCUT2D eigenvalue weighted by atomic mass is 32.2. The fraction of sp³-hybridized carbons (Fsp3) is 0.500. The number of rotatable bonds is 5. The Morgan fingerprint density at radius 3 is 2.70 bits per heavy atom. The van der Waals surface area contributed by atoms with Crippen molar-refractivity contribution in [3.8, 4) is 0 Å². The number of amides is 1. The molecule has 0 bridgehead atoms. The molecule has 1 atom stereocenters. The molecule has 0 N–H and O–H groups in total. The summed E-state index contributed by atoms with van der Waals surface area (Å²) in [6.45, 7) is 1.10. The van der Waals surface area contributed by atoms with Gasteiger partial charge in [0.25, 0.3) is 11.7 Å². The Kier molecular flexibility index (Phi) is 5.37. The Bertz CT molecular complexity index is 447. The van der Waals surface area contributed by atoms with E-state index in [2.05, 4.69) is 0 Å². The zero-order chi connectivity index (χ0) is 14.5. The van der Waals surface area contributed by atoms with E-state index in [1.807, 2.05) is 0 Å². The molecule has 20 heavy (non-hydrogen) atoms. The fourth-order valence-electron chi connectivity index (χ4n) is 2.15. The van der Waals surface area contributed by atoms with Gasteiger partial charge in [-0.05, 0) is 30.5 Å². The number of hydrogen-bond acceptors (Lipinski definition) is 3. The van der Waals surface area contributed by atoms with Crippen molar-refractivity contribution in [2.75, 3.05) is 13.7 Å². The fourth-order valence-corrected chi connectivity index (χ4v) is 2.65. The number of carbonyl (C=O) groups is 1. The van der Waals surface area contributed by atoms with Gasteiger partial charge < -0.3 is 9.64 Å². The molecule has 0 aliphatic carbocycles. The molecule has 1 aliphatic rings. The first-order valence-electron chi connectivity index (χ1n) is 6.46. The number of hydrogen-bond donors (Lipinski definition) is 0. The van der Waals surface area contributed by atoms with Crippen molar-refractivity contribution < 1.29 is 18.3 Å². The van der Waals surface area contributed by atoms with Gasteiger partial charge in [0, 0.05) is 25.1 Å². The Labute approximate surface area is 121 Å². The van der Waals surface area contributed by atoms with Crippen LogP contribution in [0.5, 0.6) is 0 Å². The minimum atomic E-state index is -2.41. The van der Waals surface area contributed by atoms with Gasteiger partial charge in [0.05, 0.1) is 0 Å². The lowest BCUT2D eigenvalue weighted by atomic mass is 10.2. The number of ether oxygens (including phenoxy) is 1. The molecule has 0 radical (unpaired) electrons. The van der Waals surface area contributed by atoms with E-state index in [9.17, 15) is 13.6 Å².